The summed E-state index contributed by atoms with van der Waals surface area (Å²) < 4.78 is 1.29. The third kappa shape index (κ3) is 3.22. The molecule has 0 saturated heterocycles. The highest BCUT2D eigenvalue weighted by Crippen LogP contribution is 2.39. The van der Waals surface area contributed by atoms with Crippen LogP contribution >= 0.6 is 15.9 Å². The zero-order valence-corrected chi connectivity index (χ0v) is 15.1. The monoisotopic (exact) mass is 349 g/mol. The highest BCUT2D eigenvalue weighted by atomic mass is 79.9. The number of fused-ring (bicyclic) bond motifs is 1. The van der Waals surface area contributed by atoms with Gasteiger partial charge in [-0.3, -0.25) is 0 Å². The number of benzene rings is 1. The van der Waals surface area contributed by atoms with Crippen molar-refractivity contribution in [2.24, 2.45) is 17.8 Å². The van der Waals surface area contributed by atoms with E-state index >= 15 is 0 Å². The summed E-state index contributed by atoms with van der Waals surface area (Å²) in [6, 6.07) is 7.95. The van der Waals surface area contributed by atoms with E-state index in [4.69, 9.17) is 0 Å². The molecular formula is C19H28BrN. The lowest BCUT2D eigenvalue weighted by atomic mass is 9.73. The quantitative estimate of drug-likeness (QED) is 0.760. The molecule has 1 aromatic carbocycles. The molecule has 21 heavy (non-hydrogen) atoms. The lowest BCUT2D eigenvalue weighted by Gasteiger charge is -2.39. The molecule has 2 aliphatic rings. The highest BCUT2D eigenvalue weighted by molar-refractivity contribution is 9.10. The van der Waals surface area contributed by atoms with Crippen LogP contribution < -0.4 is 5.32 Å². The van der Waals surface area contributed by atoms with Crippen molar-refractivity contribution in [1.29, 1.82) is 0 Å². The highest BCUT2D eigenvalue weighted by Gasteiger charge is 2.34. The van der Waals surface area contributed by atoms with Gasteiger partial charge in [-0.2, -0.15) is 0 Å². The molecule has 1 fully saturated rings. The molecule has 0 amide bonds. The molecule has 3 rings (SSSR count). The predicted octanol–water partition coefficient (Wildman–Crippen LogP) is 5.49. The molecule has 0 spiro atoms. The summed E-state index contributed by atoms with van der Waals surface area (Å²) >= 11 is 3.72. The van der Waals surface area contributed by atoms with Crippen LogP contribution in [0.3, 0.4) is 0 Å². The summed E-state index contributed by atoms with van der Waals surface area (Å²) in [5.41, 5.74) is 3.06. The van der Waals surface area contributed by atoms with Crippen LogP contribution in [0.5, 0.6) is 0 Å². The molecule has 4 unspecified atom stereocenters. The van der Waals surface area contributed by atoms with Crippen LogP contribution in [0.2, 0.25) is 0 Å². The fraction of sp³-hybridized carbons (Fsp3) is 0.684. The third-order valence-corrected chi connectivity index (χ3v) is 6.39. The zero-order valence-electron chi connectivity index (χ0n) is 13.5. The molecule has 0 radical (unpaired) electrons. The van der Waals surface area contributed by atoms with Gasteiger partial charge in [0.05, 0.1) is 0 Å². The molecule has 1 nitrogen and oxygen atoms in total. The van der Waals surface area contributed by atoms with Gasteiger partial charge in [-0.1, -0.05) is 55.3 Å². The van der Waals surface area contributed by atoms with Gasteiger partial charge in [-0.15, -0.1) is 0 Å². The molecule has 1 N–H and O–H groups in total. The first-order chi connectivity index (χ1) is 10.1. The van der Waals surface area contributed by atoms with Crippen LogP contribution in [0.1, 0.15) is 63.6 Å². The van der Waals surface area contributed by atoms with Crippen LogP contribution in [0.4, 0.5) is 0 Å². The molecule has 116 valence electrons. The van der Waals surface area contributed by atoms with Gasteiger partial charge in [0.25, 0.3) is 0 Å². The van der Waals surface area contributed by atoms with Crippen LogP contribution in [-0.2, 0) is 6.42 Å². The first kappa shape index (κ1) is 15.6. The molecule has 0 heterocycles. The van der Waals surface area contributed by atoms with Crippen molar-refractivity contribution >= 4 is 15.9 Å². The van der Waals surface area contributed by atoms with Crippen molar-refractivity contribution in [3.63, 3.8) is 0 Å². The van der Waals surface area contributed by atoms with E-state index in [-0.39, 0.29) is 0 Å². The molecule has 2 aliphatic carbocycles. The molecular weight excluding hydrogens is 322 g/mol. The second kappa shape index (κ2) is 6.42. The Bertz CT molecular complexity index is 496. The molecule has 0 aliphatic heterocycles. The van der Waals surface area contributed by atoms with E-state index in [1.54, 1.807) is 0 Å². The number of nitrogens with one attached hydrogen (secondary N) is 1. The van der Waals surface area contributed by atoms with Crippen molar-refractivity contribution < 1.29 is 0 Å². The van der Waals surface area contributed by atoms with E-state index in [0.29, 0.717) is 12.1 Å². The van der Waals surface area contributed by atoms with Gasteiger partial charge >= 0.3 is 0 Å². The fourth-order valence-corrected chi connectivity index (χ4v) is 5.01. The van der Waals surface area contributed by atoms with E-state index in [2.05, 4.69) is 60.2 Å². The summed E-state index contributed by atoms with van der Waals surface area (Å²) in [5, 5.41) is 4.04. The first-order valence-electron chi connectivity index (χ1n) is 8.59. The van der Waals surface area contributed by atoms with E-state index < -0.39 is 0 Å². The molecule has 4 atom stereocenters. The predicted molar refractivity (Wildman–Crippen MR) is 93.5 cm³/mol. The third-order valence-electron chi connectivity index (χ3n) is 5.65. The Morgan fingerprint density at radius 2 is 2.00 bits per heavy atom. The summed E-state index contributed by atoms with van der Waals surface area (Å²) in [5.74, 6) is 2.51. The SMILES string of the molecule is CC1CCC(C(C)C)C(NC2CCc3c(Br)cccc32)C1. The van der Waals surface area contributed by atoms with Gasteiger partial charge in [-0.25, -0.2) is 0 Å². The normalized spacial score (nSPS) is 32.4. The molecule has 2 heteroatoms. The van der Waals surface area contributed by atoms with Gasteiger partial charge in [-0.05, 0) is 60.6 Å². The second-order valence-electron chi connectivity index (χ2n) is 7.50. The van der Waals surface area contributed by atoms with Crippen molar-refractivity contribution in [2.45, 2.75) is 65.0 Å². The van der Waals surface area contributed by atoms with Crippen molar-refractivity contribution in [3.8, 4) is 0 Å². The molecule has 1 saturated carbocycles. The number of hydrogen-bond donors (Lipinski definition) is 1. The molecule has 0 aromatic heterocycles. The van der Waals surface area contributed by atoms with Gasteiger partial charge in [0.15, 0.2) is 0 Å². The Morgan fingerprint density at radius 1 is 1.19 bits per heavy atom. The van der Waals surface area contributed by atoms with Crippen LogP contribution in [0.15, 0.2) is 22.7 Å². The maximum absolute atomic E-state index is 4.04. The largest absolute Gasteiger partial charge is 0.307 e. The minimum atomic E-state index is 0.564. The van der Waals surface area contributed by atoms with Crippen molar-refractivity contribution in [2.75, 3.05) is 0 Å². The number of rotatable bonds is 3. The Balaban J connectivity index is 1.76. The summed E-state index contributed by atoms with van der Waals surface area (Å²) in [7, 11) is 0. The number of halogens is 1. The van der Waals surface area contributed by atoms with E-state index in [9.17, 15) is 0 Å². The van der Waals surface area contributed by atoms with Gasteiger partial charge in [0, 0.05) is 16.6 Å². The van der Waals surface area contributed by atoms with Crippen molar-refractivity contribution in [1.82, 2.24) is 5.32 Å². The Kier molecular flexibility index (Phi) is 4.75. The smallest absolute Gasteiger partial charge is 0.0329 e. The summed E-state index contributed by atoms with van der Waals surface area (Å²) in [6.07, 6.45) is 6.63. The summed E-state index contributed by atoms with van der Waals surface area (Å²) in [4.78, 5) is 0. The standard InChI is InChI=1S/C19H28BrN/c1-12(2)14-8-7-13(3)11-19(14)21-18-10-9-15-16(18)5-4-6-17(15)20/h4-6,12-14,18-19,21H,7-11H2,1-3H3. The Labute approximate surface area is 138 Å². The van der Waals surface area contributed by atoms with E-state index in [1.807, 2.05) is 0 Å². The maximum Gasteiger partial charge on any atom is 0.0329 e. The average molecular weight is 350 g/mol. The zero-order chi connectivity index (χ0) is 15.0. The van der Waals surface area contributed by atoms with Crippen molar-refractivity contribution in [3.05, 3.63) is 33.8 Å². The Morgan fingerprint density at radius 3 is 2.76 bits per heavy atom. The van der Waals surface area contributed by atoms with Crippen LogP contribution in [0, 0.1) is 17.8 Å². The summed E-state index contributed by atoms with van der Waals surface area (Å²) in [6.45, 7) is 7.22. The minimum absolute atomic E-state index is 0.564. The average Bonchev–Trinajstić information content (AvgIpc) is 2.83. The minimum Gasteiger partial charge on any atom is -0.307 e. The lowest BCUT2D eigenvalue weighted by molar-refractivity contribution is 0.159. The Hall–Kier alpha value is -0.340. The lowest BCUT2D eigenvalue weighted by Crippen LogP contribution is -2.44. The fourth-order valence-electron chi connectivity index (χ4n) is 4.44. The van der Waals surface area contributed by atoms with Gasteiger partial charge in [0.2, 0.25) is 0 Å². The maximum atomic E-state index is 4.04. The van der Waals surface area contributed by atoms with Gasteiger partial charge < -0.3 is 5.32 Å². The van der Waals surface area contributed by atoms with Gasteiger partial charge in [0.1, 0.15) is 0 Å². The van der Waals surface area contributed by atoms with Crippen LogP contribution in [-0.4, -0.2) is 6.04 Å². The topological polar surface area (TPSA) is 12.0 Å². The molecule has 0 bridgehead atoms. The van der Waals surface area contributed by atoms with E-state index in [1.165, 1.54) is 47.7 Å². The van der Waals surface area contributed by atoms with Crippen LogP contribution in [0.25, 0.3) is 0 Å². The second-order valence-corrected chi connectivity index (χ2v) is 8.35. The van der Waals surface area contributed by atoms with E-state index in [0.717, 1.165) is 17.8 Å². The molecule has 1 aromatic rings. The number of hydrogen-bond acceptors (Lipinski definition) is 1. The first-order valence-corrected chi connectivity index (χ1v) is 9.39.